The highest BCUT2D eigenvalue weighted by molar-refractivity contribution is 7.20. The van der Waals surface area contributed by atoms with Crippen molar-refractivity contribution >= 4 is 38.4 Å². The number of nitrogens with zero attached hydrogens (tertiary/aromatic N) is 4. The average Bonchev–Trinajstić information content (AvgIpc) is 3.51. The summed E-state index contributed by atoms with van der Waals surface area (Å²) < 4.78 is 0. The van der Waals surface area contributed by atoms with Crippen molar-refractivity contribution in [3.8, 4) is 0 Å². The Bertz CT molecular complexity index is 1370. The Hall–Kier alpha value is -3.13. The lowest BCUT2D eigenvalue weighted by molar-refractivity contribution is 0.0786. The highest BCUT2D eigenvalue weighted by Crippen LogP contribution is 2.40. The zero-order valence-corrected chi connectivity index (χ0v) is 17.8. The number of hydrogen-bond donors (Lipinski definition) is 1. The molecular formula is C22H21N5O2S. The standard InChI is InChI=1S/C22H21N5O2S/c1-11-17-12(2)23-19(13-8-9-13)26-21(17)30-18(11)22(29)27(3)10-16-24-15-7-5-4-6-14(15)20(28)25-16/h4-7,13H,8-10H2,1-3H3,(H,24,25,28). The number of thiophene rings is 1. The van der Waals surface area contributed by atoms with Crippen LogP contribution in [-0.2, 0) is 6.54 Å². The van der Waals surface area contributed by atoms with Crippen molar-refractivity contribution in [3.63, 3.8) is 0 Å². The smallest absolute Gasteiger partial charge is 0.264 e. The monoisotopic (exact) mass is 419 g/mol. The zero-order valence-electron chi connectivity index (χ0n) is 17.0. The van der Waals surface area contributed by atoms with E-state index < -0.39 is 0 Å². The first-order chi connectivity index (χ1) is 14.4. The van der Waals surface area contributed by atoms with Crippen LogP contribution in [0.4, 0.5) is 0 Å². The number of hydrogen-bond acceptors (Lipinski definition) is 6. The molecule has 1 aliphatic carbocycles. The van der Waals surface area contributed by atoms with Crippen LogP contribution in [0, 0.1) is 13.8 Å². The minimum atomic E-state index is -0.201. The second kappa shape index (κ2) is 6.98. The van der Waals surface area contributed by atoms with Crippen molar-refractivity contribution in [1.29, 1.82) is 0 Å². The van der Waals surface area contributed by atoms with Crippen molar-refractivity contribution in [3.05, 3.63) is 62.4 Å². The molecule has 0 radical (unpaired) electrons. The molecule has 4 aromatic rings. The first kappa shape index (κ1) is 18.9. The molecule has 0 bridgehead atoms. The van der Waals surface area contributed by atoms with Crippen LogP contribution < -0.4 is 5.56 Å². The average molecular weight is 420 g/mol. The number of nitrogens with one attached hydrogen (secondary N) is 1. The van der Waals surface area contributed by atoms with Crippen LogP contribution in [-0.4, -0.2) is 37.8 Å². The van der Waals surface area contributed by atoms with E-state index in [2.05, 4.69) is 15.0 Å². The quantitative estimate of drug-likeness (QED) is 0.545. The molecule has 0 aliphatic heterocycles. The normalized spacial score (nSPS) is 13.8. The number of fused-ring (bicyclic) bond motifs is 2. The maximum absolute atomic E-state index is 13.2. The largest absolute Gasteiger partial charge is 0.334 e. The molecule has 8 heteroatoms. The maximum atomic E-state index is 13.2. The fourth-order valence-corrected chi connectivity index (χ4v) is 5.00. The topological polar surface area (TPSA) is 91.8 Å². The van der Waals surface area contributed by atoms with Gasteiger partial charge in [0.25, 0.3) is 11.5 Å². The molecule has 1 amide bonds. The number of aromatic amines is 1. The van der Waals surface area contributed by atoms with Crippen LogP contribution >= 0.6 is 11.3 Å². The van der Waals surface area contributed by atoms with Crippen LogP contribution in [0.25, 0.3) is 21.1 Å². The molecule has 0 saturated heterocycles. The fraction of sp³-hybridized carbons (Fsp3) is 0.318. The predicted octanol–water partition coefficient (Wildman–Crippen LogP) is 3.69. The number of carbonyl (C=O) groups excluding carboxylic acids is 1. The van der Waals surface area contributed by atoms with Gasteiger partial charge >= 0.3 is 0 Å². The van der Waals surface area contributed by atoms with E-state index in [4.69, 9.17) is 4.98 Å². The lowest BCUT2D eigenvalue weighted by atomic mass is 10.1. The predicted molar refractivity (Wildman–Crippen MR) is 117 cm³/mol. The first-order valence-corrected chi connectivity index (χ1v) is 10.7. The second-order valence-electron chi connectivity index (χ2n) is 7.87. The lowest BCUT2D eigenvalue weighted by Crippen LogP contribution is -2.28. The van der Waals surface area contributed by atoms with Crippen LogP contribution in [0.15, 0.2) is 29.1 Å². The van der Waals surface area contributed by atoms with Crippen LogP contribution in [0.5, 0.6) is 0 Å². The molecule has 3 aromatic heterocycles. The van der Waals surface area contributed by atoms with E-state index in [1.54, 1.807) is 30.1 Å². The van der Waals surface area contributed by atoms with E-state index in [0.29, 0.717) is 27.5 Å². The molecule has 1 aliphatic rings. The third-order valence-electron chi connectivity index (χ3n) is 5.52. The Labute approximate surface area is 176 Å². The number of rotatable bonds is 4. The van der Waals surface area contributed by atoms with Gasteiger partial charge in [-0.3, -0.25) is 9.59 Å². The number of para-hydroxylation sites is 1. The van der Waals surface area contributed by atoms with Crippen LogP contribution in [0.3, 0.4) is 0 Å². The molecule has 30 heavy (non-hydrogen) atoms. The van der Waals surface area contributed by atoms with Gasteiger partial charge in [0.15, 0.2) is 0 Å². The summed E-state index contributed by atoms with van der Waals surface area (Å²) >= 11 is 1.42. The van der Waals surface area contributed by atoms with Gasteiger partial charge in [-0.05, 0) is 44.4 Å². The second-order valence-corrected chi connectivity index (χ2v) is 8.87. The number of amides is 1. The Kier molecular flexibility index (Phi) is 4.39. The molecule has 3 heterocycles. The maximum Gasteiger partial charge on any atom is 0.264 e. The Morgan fingerprint density at radius 2 is 1.97 bits per heavy atom. The minimum absolute atomic E-state index is 0.112. The Balaban J connectivity index is 1.47. The van der Waals surface area contributed by atoms with Crippen LogP contribution in [0.2, 0.25) is 0 Å². The van der Waals surface area contributed by atoms with E-state index in [0.717, 1.165) is 40.1 Å². The van der Waals surface area contributed by atoms with Gasteiger partial charge < -0.3 is 9.88 Å². The Morgan fingerprint density at radius 1 is 1.20 bits per heavy atom. The summed E-state index contributed by atoms with van der Waals surface area (Å²) in [5.41, 5.74) is 2.26. The van der Waals surface area contributed by atoms with Gasteiger partial charge in [0, 0.05) is 18.4 Å². The molecule has 1 N–H and O–H groups in total. The number of benzene rings is 1. The number of carbonyl (C=O) groups is 1. The van der Waals surface area contributed by atoms with Crippen molar-refractivity contribution in [2.45, 2.75) is 39.2 Å². The molecule has 0 unspecified atom stereocenters. The summed E-state index contributed by atoms with van der Waals surface area (Å²) in [6.07, 6.45) is 2.28. The summed E-state index contributed by atoms with van der Waals surface area (Å²) in [4.78, 5) is 45.3. The molecule has 0 atom stereocenters. The van der Waals surface area contributed by atoms with E-state index in [-0.39, 0.29) is 18.0 Å². The van der Waals surface area contributed by atoms with Crippen LogP contribution in [0.1, 0.15) is 51.3 Å². The van der Waals surface area contributed by atoms with Crippen molar-refractivity contribution in [2.24, 2.45) is 0 Å². The molecule has 5 rings (SSSR count). The van der Waals surface area contributed by atoms with Gasteiger partial charge in [0.05, 0.1) is 28.0 Å². The molecule has 1 fully saturated rings. The van der Waals surface area contributed by atoms with Crippen molar-refractivity contribution in [2.75, 3.05) is 7.05 Å². The van der Waals surface area contributed by atoms with E-state index in [9.17, 15) is 9.59 Å². The van der Waals surface area contributed by atoms with Crippen molar-refractivity contribution in [1.82, 2.24) is 24.8 Å². The Morgan fingerprint density at radius 3 is 2.73 bits per heavy atom. The van der Waals surface area contributed by atoms with Gasteiger partial charge in [-0.25, -0.2) is 15.0 Å². The van der Waals surface area contributed by atoms with Gasteiger partial charge in [-0.15, -0.1) is 11.3 Å². The summed E-state index contributed by atoms with van der Waals surface area (Å²) in [5, 5.41) is 1.51. The number of H-pyrrole nitrogens is 1. The van der Waals surface area contributed by atoms with E-state index >= 15 is 0 Å². The summed E-state index contributed by atoms with van der Waals surface area (Å²) in [5.74, 6) is 1.71. The molecule has 1 aromatic carbocycles. The minimum Gasteiger partial charge on any atom is -0.334 e. The van der Waals surface area contributed by atoms with Gasteiger partial charge in [0.2, 0.25) is 0 Å². The lowest BCUT2D eigenvalue weighted by Gasteiger charge is -2.16. The molecular weight excluding hydrogens is 398 g/mol. The molecule has 1 saturated carbocycles. The van der Waals surface area contributed by atoms with E-state index in [1.807, 2.05) is 19.9 Å². The third kappa shape index (κ3) is 3.17. The molecule has 152 valence electrons. The fourth-order valence-electron chi connectivity index (χ4n) is 3.77. The summed E-state index contributed by atoms with van der Waals surface area (Å²) in [6, 6.07) is 7.18. The zero-order chi connectivity index (χ0) is 21.0. The first-order valence-electron chi connectivity index (χ1n) is 9.93. The summed E-state index contributed by atoms with van der Waals surface area (Å²) in [7, 11) is 1.72. The van der Waals surface area contributed by atoms with Crippen molar-refractivity contribution < 1.29 is 4.79 Å². The third-order valence-corrected chi connectivity index (χ3v) is 6.69. The number of aryl methyl sites for hydroxylation is 2. The van der Waals surface area contributed by atoms with E-state index in [1.165, 1.54) is 11.3 Å². The highest BCUT2D eigenvalue weighted by Gasteiger charge is 2.29. The number of aromatic nitrogens is 4. The van der Waals surface area contributed by atoms with Gasteiger partial charge in [-0.1, -0.05) is 12.1 Å². The highest BCUT2D eigenvalue weighted by atomic mass is 32.1. The van der Waals surface area contributed by atoms with Gasteiger partial charge in [0.1, 0.15) is 16.5 Å². The summed E-state index contributed by atoms with van der Waals surface area (Å²) in [6.45, 7) is 4.14. The SMILES string of the molecule is Cc1nc(C2CC2)nc2sc(C(=O)N(C)Cc3nc4ccccc4c(=O)[nH]3)c(C)c12. The molecule has 0 spiro atoms. The van der Waals surface area contributed by atoms with Gasteiger partial charge in [-0.2, -0.15) is 0 Å². The molecule has 7 nitrogen and oxygen atoms in total.